The summed E-state index contributed by atoms with van der Waals surface area (Å²) in [7, 11) is 0. The molecule has 0 saturated heterocycles. The molecule has 0 amide bonds. The lowest BCUT2D eigenvalue weighted by molar-refractivity contribution is 0.0351. The number of fused-ring (bicyclic) bond motifs is 1. The van der Waals surface area contributed by atoms with Crippen molar-refractivity contribution in [3.8, 4) is 0 Å². The molecule has 0 aromatic heterocycles. The average Bonchev–Trinajstić information content (AvgIpc) is 2.57. The summed E-state index contributed by atoms with van der Waals surface area (Å²) in [6, 6.07) is 0. The predicted octanol–water partition coefficient (Wildman–Crippen LogP) is 5.28. The maximum atomic E-state index is 2.62. The summed E-state index contributed by atoms with van der Waals surface area (Å²) in [6.45, 7) is 9.99. The van der Waals surface area contributed by atoms with Gasteiger partial charge in [-0.15, -0.1) is 0 Å². The van der Waals surface area contributed by atoms with Gasteiger partial charge in [0, 0.05) is 0 Å². The first-order valence-electron chi connectivity index (χ1n) is 7.59. The van der Waals surface area contributed by atoms with Crippen molar-refractivity contribution in [3.05, 3.63) is 0 Å². The Labute approximate surface area is 102 Å². The van der Waals surface area contributed by atoms with Crippen molar-refractivity contribution in [2.75, 3.05) is 0 Å². The third kappa shape index (κ3) is 1.93. The van der Waals surface area contributed by atoms with E-state index >= 15 is 0 Å². The van der Waals surface area contributed by atoms with Gasteiger partial charge >= 0.3 is 0 Å². The second-order valence-electron chi connectivity index (χ2n) is 6.93. The standard InChI is InChI=1S/C16H30/c1-5-7-12(2)14-9-10-15-13(3)8-6-11-16(14,15)4/h12-15H,5-11H2,1-4H3/t12-,13-,14?,15?,16+/m0/s1. The first kappa shape index (κ1) is 12.5. The van der Waals surface area contributed by atoms with Crippen molar-refractivity contribution in [1.29, 1.82) is 0 Å². The summed E-state index contributed by atoms with van der Waals surface area (Å²) >= 11 is 0. The second kappa shape index (κ2) is 4.70. The normalized spacial score (nSPS) is 45.4. The van der Waals surface area contributed by atoms with Gasteiger partial charge in [0.25, 0.3) is 0 Å². The molecule has 0 heteroatoms. The van der Waals surface area contributed by atoms with Gasteiger partial charge in [-0.05, 0) is 48.3 Å². The molecule has 5 atom stereocenters. The monoisotopic (exact) mass is 222 g/mol. The van der Waals surface area contributed by atoms with Crippen LogP contribution in [0, 0.1) is 29.1 Å². The van der Waals surface area contributed by atoms with Gasteiger partial charge in [-0.3, -0.25) is 0 Å². The molecule has 0 radical (unpaired) electrons. The minimum absolute atomic E-state index is 0.701. The Hall–Kier alpha value is 0. The van der Waals surface area contributed by atoms with E-state index < -0.39 is 0 Å². The summed E-state index contributed by atoms with van der Waals surface area (Å²) in [5.74, 6) is 4.04. The van der Waals surface area contributed by atoms with Crippen LogP contribution >= 0.6 is 0 Å². The number of hydrogen-bond donors (Lipinski definition) is 0. The van der Waals surface area contributed by atoms with Crippen LogP contribution < -0.4 is 0 Å². The maximum absolute atomic E-state index is 2.62. The zero-order chi connectivity index (χ0) is 11.8. The Morgan fingerprint density at radius 2 is 2.00 bits per heavy atom. The van der Waals surface area contributed by atoms with Gasteiger partial charge in [0.15, 0.2) is 0 Å². The minimum atomic E-state index is 0.701. The summed E-state index contributed by atoms with van der Waals surface area (Å²) in [5.41, 5.74) is 0.701. The van der Waals surface area contributed by atoms with Crippen LogP contribution in [0.2, 0.25) is 0 Å². The lowest BCUT2D eigenvalue weighted by Gasteiger charge is -2.46. The highest BCUT2D eigenvalue weighted by molar-refractivity contribution is 5.00. The van der Waals surface area contributed by atoms with E-state index in [-0.39, 0.29) is 0 Å². The fourth-order valence-electron chi connectivity index (χ4n) is 5.20. The van der Waals surface area contributed by atoms with Crippen LogP contribution in [-0.4, -0.2) is 0 Å². The van der Waals surface area contributed by atoms with Gasteiger partial charge in [-0.2, -0.15) is 0 Å². The lowest BCUT2D eigenvalue weighted by atomic mass is 9.59. The Balaban J connectivity index is 2.11. The van der Waals surface area contributed by atoms with Gasteiger partial charge in [-0.1, -0.05) is 53.4 Å². The molecule has 2 saturated carbocycles. The van der Waals surface area contributed by atoms with E-state index in [1.54, 1.807) is 0 Å². The largest absolute Gasteiger partial charge is 0.0654 e. The topological polar surface area (TPSA) is 0 Å². The van der Waals surface area contributed by atoms with Crippen molar-refractivity contribution in [1.82, 2.24) is 0 Å². The zero-order valence-corrected chi connectivity index (χ0v) is 11.8. The van der Waals surface area contributed by atoms with Crippen molar-refractivity contribution in [3.63, 3.8) is 0 Å². The quantitative estimate of drug-likeness (QED) is 0.610. The highest BCUT2D eigenvalue weighted by Crippen LogP contribution is 2.59. The Kier molecular flexibility index (Phi) is 3.66. The molecule has 0 bridgehead atoms. The first-order chi connectivity index (χ1) is 7.59. The molecule has 0 heterocycles. The summed E-state index contributed by atoms with van der Waals surface area (Å²) in [5, 5.41) is 0. The van der Waals surface area contributed by atoms with E-state index in [2.05, 4.69) is 27.7 Å². The minimum Gasteiger partial charge on any atom is -0.0654 e. The molecule has 2 aliphatic rings. The fraction of sp³-hybridized carbons (Fsp3) is 1.00. The lowest BCUT2D eigenvalue weighted by Crippen LogP contribution is -2.38. The van der Waals surface area contributed by atoms with E-state index in [9.17, 15) is 0 Å². The molecule has 2 unspecified atom stereocenters. The van der Waals surface area contributed by atoms with E-state index in [4.69, 9.17) is 0 Å². The summed E-state index contributed by atoms with van der Waals surface area (Å²) < 4.78 is 0. The number of hydrogen-bond acceptors (Lipinski definition) is 0. The molecule has 0 aliphatic heterocycles. The molecule has 2 rings (SSSR count). The molecule has 0 spiro atoms. The maximum Gasteiger partial charge on any atom is -0.0264 e. The molecule has 0 N–H and O–H groups in total. The zero-order valence-electron chi connectivity index (χ0n) is 11.8. The predicted molar refractivity (Wildman–Crippen MR) is 71.4 cm³/mol. The molecule has 16 heavy (non-hydrogen) atoms. The molecule has 2 fully saturated rings. The molecule has 0 nitrogen and oxygen atoms in total. The van der Waals surface area contributed by atoms with Gasteiger partial charge < -0.3 is 0 Å². The Bertz CT molecular complexity index is 232. The molecular weight excluding hydrogens is 192 g/mol. The van der Waals surface area contributed by atoms with E-state index in [1.165, 1.54) is 44.9 Å². The Morgan fingerprint density at radius 1 is 1.25 bits per heavy atom. The van der Waals surface area contributed by atoms with Crippen LogP contribution in [0.3, 0.4) is 0 Å². The van der Waals surface area contributed by atoms with Crippen molar-refractivity contribution in [2.45, 2.75) is 72.6 Å². The van der Waals surface area contributed by atoms with E-state index in [1.807, 2.05) is 0 Å². The third-order valence-corrected chi connectivity index (χ3v) is 5.98. The molecule has 0 aromatic rings. The summed E-state index contributed by atoms with van der Waals surface area (Å²) in [6.07, 6.45) is 10.4. The molecular formula is C16H30. The van der Waals surface area contributed by atoms with Crippen molar-refractivity contribution >= 4 is 0 Å². The highest BCUT2D eigenvalue weighted by atomic mass is 14.6. The van der Waals surface area contributed by atoms with Crippen molar-refractivity contribution in [2.24, 2.45) is 29.1 Å². The van der Waals surface area contributed by atoms with Crippen LogP contribution in [0.15, 0.2) is 0 Å². The third-order valence-electron chi connectivity index (χ3n) is 5.98. The van der Waals surface area contributed by atoms with Crippen molar-refractivity contribution < 1.29 is 0 Å². The average molecular weight is 222 g/mol. The van der Waals surface area contributed by atoms with Crippen LogP contribution in [-0.2, 0) is 0 Å². The number of rotatable bonds is 3. The van der Waals surface area contributed by atoms with Gasteiger partial charge in [0.2, 0.25) is 0 Å². The molecule has 94 valence electrons. The first-order valence-corrected chi connectivity index (χ1v) is 7.59. The van der Waals surface area contributed by atoms with Gasteiger partial charge in [-0.25, -0.2) is 0 Å². The fourth-order valence-corrected chi connectivity index (χ4v) is 5.20. The van der Waals surface area contributed by atoms with Crippen LogP contribution in [0.4, 0.5) is 0 Å². The van der Waals surface area contributed by atoms with Crippen LogP contribution in [0.25, 0.3) is 0 Å². The summed E-state index contributed by atoms with van der Waals surface area (Å²) in [4.78, 5) is 0. The van der Waals surface area contributed by atoms with Crippen LogP contribution in [0.1, 0.15) is 72.6 Å². The van der Waals surface area contributed by atoms with E-state index in [0.717, 1.165) is 23.7 Å². The van der Waals surface area contributed by atoms with E-state index in [0.29, 0.717) is 5.41 Å². The molecule has 2 aliphatic carbocycles. The second-order valence-corrected chi connectivity index (χ2v) is 6.93. The van der Waals surface area contributed by atoms with Gasteiger partial charge in [0.05, 0.1) is 0 Å². The SMILES string of the molecule is CCC[C@H](C)C1CCC2[C@@H](C)CCC[C@]12C. The molecule has 0 aromatic carbocycles. The Morgan fingerprint density at radius 3 is 2.69 bits per heavy atom. The highest BCUT2D eigenvalue weighted by Gasteiger charge is 2.50. The smallest absolute Gasteiger partial charge is 0.0264 e. The van der Waals surface area contributed by atoms with Crippen LogP contribution in [0.5, 0.6) is 0 Å². The van der Waals surface area contributed by atoms with Gasteiger partial charge in [0.1, 0.15) is 0 Å².